The third-order valence-corrected chi connectivity index (χ3v) is 13.6. The number of ether oxygens (including phenoxy) is 2. The van der Waals surface area contributed by atoms with Crippen LogP contribution in [0.3, 0.4) is 0 Å². The van der Waals surface area contributed by atoms with Gasteiger partial charge < -0.3 is 39.5 Å². The highest BCUT2D eigenvalue weighted by Gasteiger charge is 2.64. The average Bonchev–Trinajstić information content (AvgIpc) is 3.93. The number of aliphatic hydroxyl groups is 1. The number of piperazine rings is 1. The van der Waals surface area contributed by atoms with Crippen LogP contribution in [0.4, 0.5) is 5.82 Å². The van der Waals surface area contributed by atoms with Crippen molar-refractivity contribution in [2.75, 3.05) is 50.8 Å². The predicted octanol–water partition coefficient (Wildman–Crippen LogP) is 5.86. The summed E-state index contributed by atoms with van der Waals surface area (Å²) in [5.41, 5.74) is 1.39. The SMILES string of the molecule is CC(C)C(C(=O)N1C[C@H](O)C[C@H]1C(=O)N[C@@H](C)c1ccc(C#N)cc1)c1cc(OCCN2CCN(c3ccc(C(=O)NC4C(C)(C)C(Oc5ccc(C#N)c(Cl)c5)C4(C)C)cn3)CC2)no1. The summed E-state index contributed by atoms with van der Waals surface area (Å²) < 4.78 is 18.0. The molecule has 7 rings (SSSR count). The quantitative estimate of drug-likeness (QED) is 0.128. The van der Waals surface area contributed by atoms with Crippen LogP contribution in [0.25, 0.3) is 0 Å². The molecule has 0 radical (unpaired) electrons. The molecular formula is C49H58ClN9O7. The molecule has 3 amide bonds. The lowest BCUT2D eigenvalue weighted by atomic mass is 9.49. The van der Waals surface area contributed by atoms with Gasteiger partial charge in [-0.3, -0.25) is 19.3 Å². The van der Waals surface area contributed by atoms with E-state index in [9.17, 15) is 24.8 Å². The van der Waals surface area contributed by atoms with Gasteiger partial charge in [-0.05, 0) is 60.0 Å². The minimum absolute atomic E-state index is 0.0185. The summed E-state index contributed by atoms with van der Waals surface area (Å²) in [5.74, 6) is 0.0680. The molecular weight excluding hydrogens is 862 g/mol. The van der Waals surface area contributed by atoms with Crippen molar-refractivity contribution in [3.8, 4) is 23.8 Å². The van der Waals surface area contributed by atoms with E-state index in [2.05, 4.69) is 70.4 Å². The number of aliphatic hydroxyl groups excluding tert-OH is 1. The zero-order valence-electron chi connectivity index (χ0n) is 38.5. The van der Waals surface area contributed by atoms with Gasteiger partial charge in [0.25, 0.3) is 11.8 Å². The van der Waals surface area contributed by atoms with Crippen LogP contribution in [0.15, 0.2) is 71.4 Å². The zero-order chi connectivity index (χ0) is 47.5. The molecule has 3 fully saturated rings. The van der Waals surface area contributed by atoms with E-state index in [1.54, 1.807) is 60.8 Å². The van der Waals surface area contributed by atoms with Gasteiger partial charge in [-0.2, -0.15) is 10.5 Å². The highest BCUT2D eigenvalue weighted by atomic mass is 35.5. The maximum Gasteiger partial charge on any atom is 0.254 e. The first kappa shape index (κ1) is 47.8. The molecule has 66 heavy (non-hydrogen) atoms. The fourth-order valence-electron chi connectivity index (χ4n) is 9.94. The van der Waals surface area contributed by atoms with Gasteiger partial charge >= 0.3 is 0 Å². The minimum Gasteiger partial charge on any atom is -0.489 e. The van der Waals surface area contributed by atoms with Gasteiger partial charge in [0.05, 0.1) is 39.9 Å². The van der Waals surface area contributed by atoms with E-state index >= 15 is 0 Å². The fraction of sp³-hybridized carbons (Fsp3) is 0.490. The first-order valence-corrected chi connectivity index (χ1v) is 22.8. The number of hydrogen-bond donors (Lipinski definition) is 3. The molecule has 16 nitrogen and oxygen atoms in total. The first-order chi connectivity index (χ1) is 31.4. The second-order valence-electron chi connectivity index (χ2n) is 19.0. The molecule has 4 aromatic rings. The van der Waals surface area contributed by atoms with Crippen LogP contribution in [0, 0.1) is 39.4 Å². The number of nitriles is 2. The van der Waals surface area contributed by atoms with Gasteiger partial charge in [0, 0.05) is 80.9 Å². The van der Waals surface area contributed by atoms with Gasteiger partial charge in [-0.1, -0.05) is 65.3 Å². The smallest absolute Gasteiger partial charge is 0.254 e. The van der Waals surface area contributed by atoms with Gasteiger partial charge in [0.15, 0.2) is 5.76 Å². The van der Waals surface area contributed by atoms with E-state index in [-0.39, 0.29) is 60.7 Å². The van der Waals surface area contributed by atoms with Crippen molar-refractivity contribution in [2.45, 2.75) is 91.1 Å². The van der Waals surface area contributed by atoms with Crippen LogP contribution in [-0.4, -0.2) is 113 Å². The molecule has 4 heterocycles. The second-order valence-corrected chi connectivity index (χ2v) is 19.4. The van der Waals surface area contributed by atoms with E-state index in [1.807, 2.05) is 26.8 Å². The Balaban J connectivity index is 0.861. The molecule has 17 heteroatoms. The van der Waals surface area contributed by atoms with Gasteiger partial charge in [0.2, 0.25) is 11.8 Å². The molecule has 2 saturated heterocycles. The third-order valence-electron chi connectivity index (χ3n) is 13.3. The second kappa shape index (κ2) is 19.7. The zero-order valence-corrected chi connectivity index (χ0v) is 39.2. The van der Waals surface area contributed by atoms with Crippen LogP contribution in [0.5, 0.6) is 11.6 Å². The number of pyridine rings is 1. The number of nitrogens with zero attached hydrogens (tertiary/aromatic N) is 7. The van der Waals surface area contributed by atoms with Crippen molar-refractivity contribution in [1.82, 2.24) is 30.6 Å². The highest BCUT2D eigenvalue weighted by Crippen LogP contribution is 2.55. The summed E-state index contributed by atoms with van der Waals surface area (Å²) in [5, 5.41) is 39.6. The van der Waals surface area contributed by atoms with E-state index in [4.69, 9.17) is 30.9 Å². The molecule has 0 spiro atoms. The van der Waals surface area contributed by atoms with E-state index in [0.717, 1.165) is 37.6 Å². The summed E-state index contributed by atoms with van der Waals surface area (Å²) in [4.78, 5) is 51.6. The Morgan fingerprint density at radius 3 is 2.30 bits per heavy atom. The number of benzene rings is 2. The average molecular weight is 921 g/mol. The lowest BCUT2D eigenvalue weighted by molar-refractivity contribution is -0.164. The Kier molecular flexibility index (Phi) is 14.3. The molecule has 0 bridgehead atoms. The first-order valence-electron chi connectivity index (χ1n) is 22.4. The predicted molar refractivity (Wildman–Crippen MR) is 246 cm³/mol. The van der Waals surface area contributed by atoms with Crippen molar-refractivity contribution in [1.29, 1.82) is 10.5 Å². The molecule has 1 saturated carbocycles. The monoisotopic (exact) mass is 919 g/mol. The van der Waals surface area contributed by atoms with Crippen molar-refractivity contribution >= 4 is 35.1 Å². The Bertz CT molecular complexity index is 2460. The number of nitrogens with one attached hydrogen (secondary N) is 2. The maximum atomic E-state index is 14.1. The molecule has 1 unspecified atom stereocenters. The summed E-state index contributed by atoms with van der Waals surface area (Å²) >= 11 is 6.25. The molecule has 348 valence electrons. The number of carbonyl (C=O) groups excluding carboxylic acids is 3. The largest absolute Gasteiger partial charge is 0.489 e. The van der Waals surface area contributed by atoms with Crippen LogP contribution in [-0.2, 0) is 9.59 Å². The highest BCUT2D eigenvalue weighted by molar-refractivity contribution is 6.31. The van der Waals surface area contributed by atoms with E-state index in [0.29, 0.717) is 46.4 Å². The van der Waals surface area contributed by atoms with Gasteiger partial charge in [0.1, 0.15) is 42.3 Å². The maximum absolute atomic E-state index is 14.1. The standard InChI is InChI=1S/C49H58ClN9O7/c1-29(2)42(45(63)59-28-35(60)22-38(59)44(62)54-30(3)32-10-8-31(25-51)9-11-32)39-24-41(56-66-39)64-21-20-57-16-18-58(19-17-57)40-15-13-34(27-53-40)43(61)55-46-48(4,5)47(49(46,6)7)65-36-14-12-33(26-52)37(50)23-36/h8-15,23-24,27,29-30,35,38,42,46-47,60H,16-22,28H2,1-7H3,(H,54,62)(H,55,61)/t30-,35+,38-,42?,46?,47?/m0/s1. The Morgan fingerprint density at radius 1 is 0.970 bits per heavy atom. The molecule has 2 aromatic heterocycles. The van der Waals surface area contributed by atoms with E-state index in [1.165, 1.54) is 4.90 Å². The Labute approximate surface area is 390 Å². The normalized spacial score (nSPS) is 22.1. The number of aromatic nitrogens is 2. The van der Waals surface area contributed by atoms with Crippen molar-refractivity contribution in [2.24, 2.45) is 16.7 Å². The molecule has 3 aliphatic rings. The molecule has 4 atom stereocenters. The number of hydrogen-bond acceptors (Lipinski definition) is 13. The van der Waals surface area contributed by atoms with Crippen LogP contribution < -0.4 is 25.0 Å². The Hall–Kier alpha value is -6.20. The van der Waals surface area contributed by atoms with Crippen molar-refractivity contribution in [3.63, 3.8) is 0 Å². The molecule has 2 aromatic carbocycles. The number of rotatable bonds is 15. The lowest BCUT2D eigenvalue weighted by Gasteiger charge is -2.63. The lowest BCUT2D eigenvalue weighted by Crippen LogP contribution is -2.74. The molecule has 2 aliphatic heterocycles. The number of amides is 3. The summed E-state index contributed by atoms with van der Waals surface area (Å²) in [7, 11) is 0. The number of carbonyl (C=O) groups is 3. The third kappa shape index (κ3) is 10.1. The number of β-amino-alcohol motifs (C(OH)–C–C–N with tert-alkyl or cyclic N) is 1. The molecule has 1 aliphatic carbocycles. The summed E-state index contributed by atoms with van der Waals surface area (Å²) in [6.45, 7) is 17.9. The van der Waals surface area contributed by atoms with Crippen molar-refractivity contribution < 1.29 is 33.5 Å². The van der Waals surface area contributed by atoms with Crippen LogP contribution in [0.2, 0.25) is 5.02 Å². The minimum atomic E-state index is -0.867. The van der Waals surface area contributed by atoms with Crippen LogP contribution in [0.1, 0.15) is 99.7 Å². The summed E-state index contributed by atoms with van der Waals surface area (Å²) in [6.07, 6.45) is 0.658. The van der Waals surface area contributed by atoms with Crippen molar-refractivity contribution in [3.05, 3.63) is 99.9 Å². The number of likely N-dealkylation sites (tertiary alicyclic amines) is 1. The number of anilines is 1. The van der Waals surface area contributed by atoms with Gasteiger partial charge in [-0.15, -0.1) is 0 Å². The number of halogens is 1. The fourth-order valence-corrected chi connectivity index (χ4v) is 10.2. The topological polar surface area (TPSA) is 210 Å². The van der Waals surface area contributed by atoms with Crippen LogP contribution >= 0.6 is 11.6 Å². The molecule has 3 N–H and O–H groups in total. The van der Waals surface area contributed by atoms with Gasteiger partial charge in [-0.25, -0.2) is 4.98 Å². The summed E-state index contributed by atoms with van der Waals surface area (Å²) in [6, 6.07) is 20.0. The van der Waals surface area contributed by atoms with E-state index < -0.39 is 28.9 Å². The Morgan fingerprint density at radius 2 is 1.68 bits per heavy atom.